The predicted molar refractivity (Wildman–Crippen MR) is 77.2 cm³/mol. The topological polar surface area (TPSA) is 78.6 Å². The first kappa shape index (κ1) is 15.8. The molecule has 6 heteroatoms. The molecule has 0 fully saturated rings. The van der Waals surface area contributed by atoms with Crippen LogP contribution in [-0.4, -0.2) is 35.6 Å². The Bertz CT molecular complexity index is 426. The molecule has 0 aliphatic carbocycles. The quantitative estimate of drug-likeness (QED) is 0.528. The molecular formula is C13H20ClN3O2. The Morgan fingerprint density at radius 2 is 2.21 bits per heavy atom. The number of rotatable bonds is 7. The molecule has 0 heterocycles. The first-order chi connectivity index (χ1) is 9.13. The smallest absolute Gasteiger partial charge is 0.256 e. The minimum absolute atomic E-state index is 0.0680. The second-order valence-electron chi connectivity index (χ2n) is 4.20. The number of anilines is 1. The third-order valence-electron chi connectivity index (χ3n) is 2.81. The van der Waals surface area contributed by atoms with Gasteiger partial charge in [-0.15, -0.1) is 0 Å². The van der Waals surface area contributed by atoms with Crippen molar-refractivity contribution < 1.29 is 9.90 Å². The molecule has 0 unspecified atom stereocenters. The van der Waals surface area contributed by atoms with Crippen LogP contribution in [0.4, 0.5) is 5.69 Å². The maximum absolute atomic E-state index is 12.4. The number of hydrogen-bond acceptors (Lipinski definition) is 4. The van der Waals surface area contributed by atoms with Crippen LogP contribution >= 0.6 is 11.6 Å². The maximum Gasteiger partial charge on any atom is 0.256 e. The highest BCUT2D eigenvalue weighted by Crippen LogP contribution is 2.21. The highest BCUT2D eigenvalue weighted by atomic mass is 35.5. The summed E-state index contributed by atoms with van der Waals surface area (Å²) in [4.78, 5) is 14.0. The summed E-state index contributed by atoms with van der Waals surface area (Å²) in [5.74, 6) is 5.22. The van der Waals surface area contributed by atoms with Crippen molar-refractivity contribution in [2.45, 2.75) is 19.8 Å². The Morgan fingerprint density at radius 1 is 1.47 bits per heavy atom. The molecule has 0 aliphatic rings. The standard InChI is InChI=1S/C13H20ClN3O2/c1-2-3-6-17(7-8-18)13(19)11-9-10(14)4-5-12(11)16-15/h4-5,9,16,18H,2-3,6-8,15H2,1H3. The number of aliphatic hydroxyl groups excluding tert-OH is 1. The molecule has 0 aliphatic heterocycles. The van der Waals surface area contributed by atoms with Crippen LogP contribution in [0.15, 0.2) is 18.2 Å². The van der Waals surface area contributed by atoms with Crippen LogP contribution in [0.25, 0.3) is 0 Å². The van der Waals surface area contributed by atoms with Crippen molar-refractivity contribution in [2.24, 2.45) is 5.84 Å². The van der Waals surface area contributed by atoms with Gasteiger partial charge in [-0.2, -0.15) is 0 Å². The van der Waals surface area contributed by atoms with Gasteiger partial charge in [-0.25, -0.2) is 0 Å². The van der Waals surface area contributed by atoms with Crippen LogP contribution < -0.4 is 11.3 Å². The highest BCUT2D eigenvalue weighted by Gasteiger charge is 2.18. The Balaban J connectivity index is 2.97. The molecule has 5 nitrogen and oxygen atoms in total. The number of hydrogen-bond donors (Lipinski definition) is 3. The Morgan fingerprint density at radius 3 is 2.79 bits per heavy atom. The van der Waals surface area contributed by atoms with Crippen molar-refractivity contribution in [1.29, 1.82) is 0 Å². The van der Waals surface area contributed by atoms with Gasteiger partial charge in [0.2, 0.25) is 0 Å². The van der Waals surface area contributed by atoms with Gasteiger partial charge < -0.3 is 15.4 Å². The number of nitrogens with two attached hydrogens (primary N) is 1. The number of carbonyl (C=O) groups excluding carboxylic acids is 1. The van der Waals surface area contributed by atoms with E-state index >= 15 is 0 Å². The van der Waals surface area contributed by atoms with Crippen LogP contribution in [-0.2, 0) is 0 Å². The lowest BCUT2D eigenvalue weighted by Crippen LogP contribution is -2.35. The molecule has 1 amide bonds. The summed E-state index contributed by atoms with van der Waals surface area (Å²) in [6.07, 6.45) is 1.87. The number of aliphatic hydroxyl groups is 1. The number of halogens is 1. The molecular weight excluding hydrogens is 266 g/mol. The first-order valence-corrected chi connectivity index (χ1v) is 6.68. The lowest BCUT2D eigenvalue weighted by atomic mass is 10.1. The van der Waals surface area contributed by atoms with E-state index in [4.69, 9.17) is 22.6 Å². The van der Waals surface area contributed by atoms with E-state index in [0.29, 0.717) is 29.4 Å². The van der Waals surface area contributed by atoms with Gasteiger partial charge in [0.15, 0.2) is 0 Å². The molecule has 0 saturated carbocycles. The summed E-state index contributed by atoms with van der Waals surface area (Å²) in [6.45, 7) is 2.89. The fourth-order valence-corrected chi connectivity index (χ4v) is 1.95. The zero-order valence-corrected chi connectivity index (χ0v) is 11.8. The number of nitrogens with zero attached hydrogens (tertiary/aromatic N) is 1. The number of amides is 1. The van der Waals surface area contributed by atoms with Gasteiger partial charge in [0, 0.05) is 18.1 Å². The van der Waals surface area contributed by atoms with Gasteiger partial charge in [0.25, 0.3) is 5.91 Å². The van der Waals surface area contributed by atoms with Gasteiger partial charge in [0.1, 0.15) is 0 Å². The van der Waals surface area contributed by atoms with Gasteiger partial charge in [-0.1, -0.05) is 24.9 Å². The third kappa shape index (κ3) is 4.38. The monoisotopic (exact) mass is 285 g/mol. The van der Waals surface area contributed by atoms with Gasteiger partial charge in [-0.05, 0) is 24.6 Å². The van der Waals surface area contributed by atoms with E-state index in [2.05, 4.69) is 5.43 Å². The largest absolute Gasteiger partial charge is 0.395 e. The normalized spacial score (nSPS) is 10.3. The Kier molecular flexibility index (Phi) is 6.62. The van der Waals surface area contributed by atoms with Gasteiger partial charge >= 0.3 is 0 Å². The van der Waals surface area contributed by atoms with Crippen LogP contribution in [0.1, 0.15) is 30.1 Å². The number of unbranched alkanes of at least 4 members (excludes halogenated alkanes) is 1. The molecule has 0 bridgehead atoms. The minimum Gasteiger partial charge on any atom is -0.395 e. The van der Waals surface area contributed by atoms with E-state index < -0.39 is 0 Å². The van der Waals surface area contributed by atoms with Gasteiger partial charge in [0.05, 0.1) is 17.9 Å². The number of carbonyl (C=O) groups is 1. The molecule has 106 valence electrons. The second kappa shape index (κ2) is 7.99. The van der Waals surface area contributed by atoms with E-state index in [0.717, 1.165) is 12.8 Å². The predicted octanol–water partition coefficient (Wildman–Crippen LogP) is 1.86. The summed E-state index contributed by atoms with van der Waals surface area (Å²) in [7, 11) is 0. The van der Waals surface area contributed by atoms with E-state index in [-0.39, 0.29) is 12.5 Å². The average Bonchev–Trinajstić information content (AvgIpc) is 2.42. The van der Waals surface area contributed by atoms with Crippen molar-refractivity contribution in [3.05, 3.63) is 28.8 Å². The summed E-state index contributed by atoms with van der Waals surface area (Å²) < 4.78 is 0. The van der Waals surface area contributed by atoms with E-state index in [9.17, 15) is 4.79 Å². The molecule has 4 N–H and O–H groups in total. The van der Waals surface area contributed by atoms with Crippen LogP contribution in [0.2, 0.25) is 5.02 Å². The van der Waals surface area contributed by atoms with Crippen LogP contribution in [0.3, 0.4) is 0 Å². The van der Waals surface area contributed by atoms with Crippen molar-refractivity contribution in [1.82, 2.24) is 4.90 Å². The van der Waals surface area contributed by atoms with E-state index in [1.54, 1.807) is 23.1 Å². The molecule has 0 saturated heterocycles. The summed E-state index contributed by atoms with van der Waals surface area (Å²) in [5.41, 5.74) is 3.43. The van der Waals surface area contributed by atoms with Crippen molar-refractivity contribution in [3.63, 3.8) is 0 Å². The maximum atomic E-state index is 12.4. The lowest BCUT2D eigenvalue weighted by molar-refractivity contribution is 0.0720. The zero-order valence-electron chi connectivity index (χ0n) is 11.0. The lowest BCUT2D eigenvalue weighted by Gasteiger charge is -2.23. The van der Waals surface area contributed by atoms with Crippen molar-refractivity contribution in [3.8, 4) is 0 Å². The molecule has 0 spiro atoms. The minimum atomic E-state index is -0.182. The first-order valence-electron chi connectivity index (χ1n) is 6.30. The summed E-state index contributed by atoms with van der Waals surface area (Å²) in [5, 5.41) is 9.53. The molecule has 1 rings (SSSR count). The number of nitrogen functional groups attached to an aromatic ring is 1. The second-order valence-corrected chi connectivity index (χ2v) is 4.64. The highest BCUT2D eigenvalue weighted by molar-refractivity contribution is 6.31. The number of benzene rings is 1. The number of hydrazine groups is 1. The van der Waals surface area contributed by atoms with E-state index in [1.807, 2.05) is 6.92 Å². The molecule has 0 radical (unpaired) electrons. The fourth-order valence-electron chi connectivity index (χ4n) is 1.77. The van der Waals surface area contributed by atoms with Crippen LogP contribution in [0.5, 0.6) is 0 Å². The molecule has 1 aromatic rings. The summed E-state index contributed by atoms with van der Waals surface area (Å²) in [6, 6.07) is 4.90. The molecule has 0 atom stereocenters. The zero-order chi connectivity index (χ0) is 14.3. The molecule has 19 heavy (non-hydrogen) atoms. The van der Waals surface area contributed by atoms with Crippen LogP contribution in [0, 0.1) is 0 Å². The summed E-state index contributed by atoms with van der Waals surface area (Å²) >= 11 is 5.92. The van der Waals surface area contributed by atoms with E-state index in [1.165, 1.54) is 0 Å². The molecule has 0 aromatic heterocycles. The average molecular weight is 286 g/mol. The Labute approximate surface area is 118 Å². The SMILES string of the molecule is CCCCN(CCO)C(=O)c1cc(Cl)ccc1NN. The Hall–Kier alpha value is -1.30. The molecule has 1 aromatic carbocycles. The fraction of sp³-hybridized carbons (Fsp3) is 0.462. The van der Waals surface area contributed by atoms with Crippen molar-refractivity contribution >= 4 is 23.2 Å². The third-order valence-corrected chi connectivity index (χ3v) is 3.04. The number of nitrogens with one attached hydrogen (secondary N) is 1. The van der Waals surface area contributed by atoms with Gasteiger partial charge in [-0.3, -0.25) is 10.6 Å². The van der Waals surface area contributed by atoms with Crippen molar-refractivity contribution in [2.75, 3.05) is 25.1 Å².